The lowest BCUT2D eigenvalue weighted by atomic mass is 10.1. The number of hydrogen-bond donors (Lipinski definition) is 1. The smallest absolute Gasteiger partial charge is 0.340 e. The predicted octanol–water partition coefficient (Wildman–Crippen LogP) is 3.15. The zero-order valence-electron chi connectivity index (χ0n) is 17.2. The summed E-state index contributed by atoms with van der Waals surface area (Å²) in [6, 6.07) is 18.6. The van der Waals surface area contributed by atoms with Crippen LogP contribution in [0.3, 0.4) is 0 Å². The zero-order chi connectivity index (χ0) is 23.5. The number of nitrogens with two attached hydrogens (primary N) is 1. The Morgan fingerprint density at radius 1 is 0.909 bits per heavy atom. The summed E-state index contributed by atoms with van der Waals surface area (Å²) >= 11 is 5.85. The molecule has 0 saturated heterocycles. The zero-order valence-corrected chi connectivity index (χ0v) is 18.0. The van der Waals surface area contributed by atoms with Gasteiger partial charge in [-0.05, 0) is 41.5 Å². The van der Waals surface area contributed by atoms with E-state index in [0.717, 1.165) is 10.1 Å². The first-order valence-electron chi connectivity index (χ1n) is 9.90. The lowest BCUT2D eigenvalue weighted by molar-refractivity contribution is 0.0473. The molecule has 4 aromatic rings. The molecule has 4 rings (SSSR count). The largest absolute Gasteiger partial charge is 0.457 e. The molecule has 8 nitrogen and oxygen atoms in total. The topological polar surface area (TPSA) is 113 Å². The number of esters is 1. The van der Waals surface area contributed by atoms with Gasteiger partial charge < -0.3 is 10.5 Å². The average molecular weight is 464 g/mol. The summed E-state index contributed by atoms with van der Waals surface area (Å²) in [5.41, 5.74) is 5.44. The van der Waals surface area contributed by atoms with Crippen LogP contribution >= 0.6 is 11.6 Å². The Bertz CT molecular complexity index is 1470. The molecule has 0 spiro atoms. The van der Waals surface area contributed by atoms with Gasteiger partial charge >= 0.3 is 17.7 Å². The third-order valence-electron chi connectivity index (χ3n) is 5.06. The van der Waals surface area contributed by atoms with Crippen LogP contribution < -0.4 is 17.0 Å². The molecule has 1 amide bonds. The number of fused-ring (bicyclic) bond motifs is 1. The van der Waals surface area contributed by atoms with E-state index in [9.17, 15) is 19.2 Å². The summed E-state index contributed by atoms with van der Waals surface area (Å²) in [5.74, 6) is -0.669. The van der Waals surface area contributed by atoms with Crippen LogP contribution in [0.15, 0.2) is 82.4 Å². The van der Waals surface area contributed by atoms with Gasteiger partial charge in [0, 0.05) is 5.02 Å². The Balaban J connectivity index is 1.74. The second-order valence-corrected chi connectivity index (χ2v) is 7.70. The third kappa shape index (κ3) is 4.56. The van der Waals surface area contributed by atoms with Gasteiger partial charge in [-0.15, -0.1) is 0 Å². The number of nitrogens with zero attached hydrogens (tertiary/aromatic N) is 2. The first-order valence-corrected chi connectivity index (χ1v) is 10.3. The van der Waals surface area contributed by atoms with Crippen molar-refractivity contribution in [3.8, 4) is 0 Å². The molecular weight excluding hydrogens is 446 g/mol. The number of carbonyl (C=O) groups excluding carboxylic acids is 2. The molecule has 0 saturated carbocycles. The molecule has 33 heavy (non-hydrogen) atoms. The summed E-state index contributed by atoms with van der Waals surface area (Å²) in [6.07, 6.45) is 0. The number of rotatable bonds is 5. The van der Waals surface area contributed by atoms with E-state index in [1.54, 1.807) is 54.6 Å². The number of halogens is 1. The minimum Gasteiger partial charge on any atom is -0.457 e. The summed E-state index contributed by atoms with van der Waals surface area (Å²) in [7, 11) is 0. The third-order valence-corrected chi connectivity index (χ3v) is 5.31. The van der Waals surface area contributed by atoms with E-state index < -0.39 is 23.2 Å². The molecule has 0 aliphatic carbocycles. The average Bonchev–Trinajstić information content (AvgIpc) is 2.81. The Kier molecular flexibility index (Phi) is 6.10. The first kappa shape index (κ1) is 22.0. The van der Waals surface area contributed by atoms with Crippen molar-refractivity contribution in [3.63, 3.8) is 0 Å². The van der Waals surface area contributed by atoms with Crippen LogP contribution in [0.4, 0.5) is 4.79 Å². The van der Waals surface area contributed by atoms with Gasteiger partial charge in [-0.2, -0.15) is 0 Å². The molecule has 0 aliphatic heterocycles. The molecule has 0 atom stereocenters. The molecule has 1 aromatic heterocycles. The molecule has 0 radical (unpaired) electrons. The number of amides is 1. The Morgan fingerprint density at radius 3 is 2.27 bits per heavy atom. The molecule has 0 unspecified atom stereocenters. The normalized spacial score (nSPS) is 10.8. The lowest BCUT2D eigenvalue weighted by Gasteiger charge is -2.12. The van der Waals surface area contributed by atoms with E-state index in [-0.39, 0.29) is 29.6 Å². The van der Waals surface area contributed by atoms with Crippen molar-refractivity contribution in [2.45, 2.75) is 13.2 Å². The highest BCUT2D eigenvalue weighted by Crippen LogP contribution is 2.15. The van der Waals surface area contributed by atoms with Crippen molar-refractivity contribution in [2.24, 2.45) is 5.73 Å². The SMILES string of the molecule is NC(=O)n1c(=O)n(Cc2ccccc2)c(=O)c2cc(C(=O)OCc3ccc(Cl)cc3)ccc21. The second kappa shape index (κ2) is 9.13. The van der Waals surface area contributed by atoms with Gasteiger partial charge in [0.25, 0.3) is 5.56 Å². The Morgan fingerprint density at radius 2 is 1.61 bits per heavy atom. The van der Waals surface area contributed by atoms with E-state index in [1.807, 2.05) is 0 Å². The van der Waals surface area contributed by atoms with Crippen LogP contribution in [-0.4, -0.2) is 21.1 Å². The van der Waals surface area contributed by atoms with Crippen LogP contribution in [0.25, 0.3) is 10.9 Å². The van der Waals surface area contributed by atoms with Gasteiger partial charge in [0.2, 0.25) is 0 Å². The van der Waals surface area contributed by atoms with Crippen molar-refractivity contribution in [3.05, 3.63) is 115 Å². The van der Waals surface area contributed by atoms with Crippen LogP contribution in [0.2, 0.25) is 5.02 Å². The van der Waals surface area contributed by atoms with E-state index in [4.69, 9.17) is 22.1 Å². The maximum atomic E-state index is 13.1. The lowest BCUT2D eigenvalue weighted by Crippen LogP contribution is -2.44. The molecular formula is C24H18ClN3O5. The quantitative estimate of drug-likeness (QED) is 0.457. The molecule has 1 heterocycles. The number of ether oxygens (including phenoxy) is 1. The maximum Gasteiger partial charge on any atom is 0.340 e. The highest BCUT2D eigenvalue weighted by Gasteiger charge is 2.19. The van der Waals surface area contributed by atoms with Crippen molar-refractivity contribution in [2.75, 3.05) is 0 Å². The predicted molar refractivity (Wildman–Crippen MR) is 124 cm³/mol. The molecule has 0 bridgehead atoms. The monoisotopic (exact) mass is 463 g/mol. The molecule has 166 valence electrons. The fourth-order valence-corrected chi connectivity index (χ4v) is 3.54. The van der Waals surface area contributed by atoms with Gasteiger partial charge in [0.15, 0.2) is 0 Å². The van der Waals surface area contributed by atoms with Gasteiger partial charge in [0.05, 0.1) is 23.0 Å². The van der Waals surface area contributed by atoms with Gasteiger partial charge in [-0.1, -0.05) is 54.1 Å². The summed E-state index contributed by atoms with van der Waals surface area (Å²) < 4.78 is 6.94. The highest BCUT2D eigenvalue weighted by atomic mass is 35.5. The second-order valence-electron chi connectivity index (χ2n) is 7.27. The van der Waals surface area contributed by atoms with Crippen molar-refractivity contribution in [1.29, 1.82) is 0 Å². The fourth-order valence-electron chi connectivity index (χ4n) is 3.42. The molecule has 2 N–H and O–H groups in total. The highest BCUT2D eigenvalue weighted by molar-refractivity contribution is 6.30. The van der Waals surface area contributed by atoms with Gasteiger partial charge in [-0.3, -0.25) is 9.36 Å². The number of carbonyl (C=O) groups is 2. The maximum absolute atomic E-state index is 13.1. The van der Waals surface area contributed by atoms with Crippen LogP contribution in [0, 0.1) is 0 Å². The molecule has 0 aliphatic rings. The van der Waals surface area contributed by atoms with E-state index >= 15 is 0 Å². The minimum absolute atomic E-state index is 0.00701. The van der Waals surface area contributed by atoms with Crippen molar-refractivity contribution < 1.29 is 14.3 Å². The van der Waals surface area contributed by atoms with Crippen molar-refractivity contribution in [1.82, 2.24) is 9.13 Å². The Hall–Kier alpha value is -4.17. The summed E-state index contributed by atoms with van der Waals surface area (Å²) in [6.45, 7) is -0.0555. The number of primary amides is 1. The van der Waals surface area contributed by atoms with E-state index in [1.165, 1.54) is 18.2 Å². The van der Waals surface area contributed by atoms with E-state index in [0.29, 0.717) is 15.2 Å². The fraction of sp³-hybridized carbons (Fsp3) is 0.0833. The Labute approximate surface area is 192 Å². The van der Waals surface area contributed by atoms with E-state index in [2.05, 4.69) is 0 Å². The van der Waals surface area contributed by atoms with Crippen molar-refractivity contribution >= 4 is 34.5 Å². The number of benzene rings is 3. The van der Waals surface area contributed by atoms with Crippen LogP contribution in [0.5, 0.6) is 0 Å². The van der Waals surface area contributed by atoms with Crippen LogP contribution in [-0.2, 0) is 17.9 Å². The minimum atomic E-state index is -1.04. The number of hydrogen-bond acceptors (Lipinski definition) is 5. The molecule has 0 fully saturated rings. The van der Waals surface area contributed by atoms with Gasteiger partial charge in [-0.25, -0.2) is 19.0 Å². The van der Waals surface area contributed by atoms with Gasteiger partial charge in [0.1, 0.15) is 6.61 Å². The van der Waals surface area contributed by atoms with Crippen LogP contribution in [0.1, 0.15) is 21.5 Å². The standard InChI is InChI=1S/C24H18ClN3O5/c25-18-9-6-16(7-10-18)14-33-22(30)17-8-11-20-19(12-17)21(29)27(24(32)28(20)23(26)31)13-15-4-2-1-3-5-15/h1-12H,13-14H2,(H2,26,31). The summed E-state index contributed by atoms with van der Waals surface area (Å²) in [4.78, 5) is 50.6. The number of aromatic nitrogens is 2. The summed E-state index contributed by atoms with van der Waals surface area (Å²) in [5, 5.41) is 0.553. The molecule has 9 heteroatoms. The molecule has 3 aromatic carbocycles. The first-order chi connectivity index (χ1) is 15.8.